The fraction of sp³-hybridized carbons (Fsp3) is 0.424. The molecule has 0 aromatic carbocycles. The smallest absolute Gasteiger partial charge is 0.169 e. The Bertz CT molecular complexity index is 1760. The van der Waals surface area contributed by atoms with E-state index in [-0.39, 0.29) is 35.2 Å². The molecule has 3 aromatic heterocycles. The van der Waals surface area contributed by atoms with Crippen LogP contribution in [0.25, 0.3) is 22.1 Å². The Kier molecular flexibility index (Phi) is 6.36. The molecule has 6 rings (SSSR count). The van der Waals surface area contributed by atoms with Crippen LogP contribution < -0.4 is 0 Å². The second-order valence-electron chi connectivity index (χ2n) is 11.8. The minimum Gasteiger partial charge on any atom is -0.355 e. The molecule has 0 amide bonds. The van der Waals surface area contributed by atoms with Gasteiger partial charge in [0, 0.05) is 81.3 Å². The summed E-state index contributed by atoms with van der Waals surface area (Å²) in [5.74, 6) is 0.593. The summed E-state index contributed by atoms with van der Waals surface area (Å²) in [6, 6.07) is 6.17. The molecule has 5 heterocycles. The summed E-state index contributed by atoms with van der Waals surface area (Å²) in [5.41, 5.74) is 11.3. The maximum absolute atomic E-state index is 13.4. The number of aldehydes is 1. The first-order chi connectivity index (χ1) is 19.1. The van der Waals surface area contributed by atoms with E-state index in [0.29, 0.717) is 24.8 Å². The zero-order valence-electron chi connectivity index (χ0n) is 24.1. The fourth-order valence-corrected chi connectivity index (χ4v) is 7.19. The summed E-state index contributed by atoms with van der Waals surface area (Å²) >= 11 is 0. The minimum atomic E-state index is 0.00549. The number of ketones is 2. The Morgan fingerprint density at radius 1 is 0.950 bits per heavy atom. The molecular formula is C33H36N4O3. The zero-order valence-corrected chi connectivity index (χ0v) is 24.1. The van der Waals surface area contributed by atoms with E-state index in [1.165, 1.54) is 0 Å². The van der Waals surface area contributed by atoms with Gasteiger partial charge in [-0.1, -0.05) is 20.8 Å². The van der Waals surface area contributed by atoms with Crippen LogP contribution >= 0.6 is 0 Å². The van der Waals surface area contributed by atoms with Crippen LogP contribution in [-0.2, 0) is 11.2 Å². The number of aryl methyl sites for hydroxylation is 2. The maximum atomic E-state index is 13.4. The van der Waals surface area contributed by atoms with Crippen molar-refractivity contribution >= 4 is 39.9 Å². The lowest BCUT2D eigenvalue weighted by atomic mass is 9.86. The van der Waals surface area contributed by atoms with Crippen LogP contribution in [0.15, 0.2) is 18.2 Å². The third-order valence-corrected chi connectivity index (χ3v) is 9.48. The average Bonchev–Trinajstić information content (AvgIpc) is 3.65. The Hall–Kier alpha value is -3.87. The summed E-state index contributed by atoms with van der Waals surface area (Å²) in [4.78, 5) is 54.9. The van der Waals surface area contributed by atoms with E-state index in [1.54, 1.807) is 6.92 Å². The number of fused-ring (bicyclic) bond motifs is 8. The van der Waals surface area contributed by atoms with Crippen LogP contribution in [0.5, 0.6) is 0 Å². The van der Waals surface area contributed by atoms with Crippen molar-refractivity contribution in [2.24, 2.45) is 0 Å². The van der Waals surface area contributed by atoms with Crippen LogP contribution in [0, 0.1) is 13.8 Å². The highest BCUT2D eigenvalue weighted by molar-refractivity contribution is 6.13. The van der Waals surface area contributed by atoms with E-state index < -0.39 is 0 Å². The largest absolute Gasteiger partial charge is 0.355 e. The van der Waals surface area contributed by atoms with Crippen LogP contribution in [0.3, 0.4) is 0 Å². The quantitative estimate of drug-likeness (QED) is 0.269. The average molecular weight is 537 g/mol. The predicted molar refractivity (Wildman–Crippen MR) is 156 cm³/mol. The molecule has 7 nitrogen and oxygen atoms in total. The van der Waals surface area contributed by atoms with Gasteiger partial charge in [-0.15, -0.1) is 0 Å². The highest BCUT2D eigenvalue weighted by atomic mass is 16.1. The molecule has 0 radical (unpaired) electrons. The molecule has 0 fully saturated rings. The van der Waals surface area contributed by atoms with Gasteiger partial charge >= 0.3 is 0 Å². The molecule has 7 heteroatoms. The first-order valence-electron chi connectivity index (χ1n) is 14.4. The van der Waals surface area contributed by atoms with Crippen molar-refractivity contribution < 1.29 is 14.4 Å². The maximum Gasteiger partial charge on any atom is 0.169 e. The second-order valence-corrected chi connectivity index (χ2v) is 11.8. The SMILES string of the molecule is CC[C@H]1c2cc3[nH]c4c(c5nc(cc6[nH]c(cc(n2)[C@@H]1C)c(C(C)=O)c6C)[C@@H](C)[C@@H]5CCC=O)CC(=O)c4c3C. The van der Waals surface area contributed by atoms with Crippen molar-refractivity contribution in [3.05, 3.63) is 68.8 Å². The van der Waals surface area contributed by atoms with Crippen molar-refractivity contribution in [2.75, 3.05) is 0 Å². The molecule has 3 aromatic rings. The number of aromatic amines is 2. The lowest BCUT2D eigenvalue weighted by molar-refractivity contribution is -0.108. The lowest BCUT2D eigenvalue weighted by Crippen LogP contribution is -2.06. The van der Waals surface area contributed by atoms with E-state index in [0.717, 1.165) is 79.8 Å². The van der Waals surface area contributed by atoms with Crippen LogP contribution in [0.4, 0.5) is 0 Å². The first-order valence-corrected chi connectivity index (χ1v) is 14.4. The third-order valence-electron chi connectivity index (χ3n) is 9.48. The summed E-state index contributed by atoms with van der Waals surface area (Å²) < 4.78 is 0. The molecule has 206 valence electrons. The Morgan fingerprint density at radius 3 is 2.30 bits per heavy atom. The molecule has 1 aliphatic carbocycles. The molecule has 2 aliphatic heterocycles. The number of carbonyl (C=O) groups is 3. The number of aromatic nitrogens is 4. The monoisotopic (exact) mass is 536 g/mol. The number of nitrogens with one attached hydrogen (secondary N) is 2. The van der Waals surface area contributed by atoms with E-state index in [4.69, 9.17) is 9.97 Å². The normalized spacial score (nSPS) is 21.7. The van der Waals surface area contributed by atoms with Crippen LogP contribution in [0.2, 0.25) is 0 Å². The molecule has 4 atom stereocenters. The molecule has 0 spiro atoms. The molecule has 3 aliphatic rings. The summed E-state index contributed by atoms with van der Waals surface area (Å²) in [5, 5.41) is 0. The van der Waals surface area contributed by atoms with Crippen molar-refractivity contribution in [1.82, 2.24) is 19.9 Å². The summed E-state index contributed by atoms with van der Waals surface area (Å²) in [6.45, 7) is 12.1. The topological polar surface area (TPSA) is 109 Å². The summed E-state index contributed by atoms with van der Waals surface area (Å²) in [7, 11) is 0. The molecule has 8 bridgehead atoms. The molecule has 0 unspecified atom stereocenters. The molecule has 0 saturated carbocycles. The fourth-order valence-electron chi connectivity index (χ4n) is 7.19. The van der Waals surface area contributed by atoms with E-state index in [9.17, 15) is 14.4 Å². The van der Waals surface area contributed by atoms with Gasteiger partial charge in [0.15, 0.2) is 11.6 Å². The zero-order chi connectivity index (χ0) is 28.5. The van der Waals surface area contributed by atoms with E-state index >= 15 is 0 Å². The van der Waals surface area contributed by atoms with Crippen molar-refractivity contribution in [3.63, 3.8) is 0 Å². The third kappa shape index (κ3) is 3.89. The summed E-state index contributed by atoms with van der Waals surface area (Å²) in [6.07, 6.45) is 3.29. The van der Waals surface area contributed by atoms with Gasteiger partial charge in [0.25, 0.3) is 0 Å². The Balaban J connectivity index is 1.78. The van der Waals surface area contributed by atoms with Gasteiger partial charge in [-0.2, -0.15) is 0 Å². The number of carbonyl (C=O) groups excluding carboxylic acids is 3. The number of nitrogens with zero attached hydrogens (tertiary/aromatic N) is 2. The molecule has 2 N–H and O–H groups in total. The number of hydrogen-bond donors (Lipinski definition) is 2. The van der Waals surface area contributed by atoms with Crippen molar-refractivity contribution in [2.45, 2.75) is 90.9 Å². The van der Waals surface area contributed by atoms with Gasteiger partial charge in [0.1, 0.15) is 6.29 Å². The van der Waals surface area contributed by atoms with E-state index in [2.05, 4.69) is 36.8 Å². The van der Waals surface area contributed by atoms with Gasteiger partial charge < -0.3 is 14.8 Å². The molecule has 0 saturated heterocycles. The standard InChI is InChI=1S/C33H36N4O3/c1-7-20-15(2)23-14-28-30(19(6)39)17(4)25(35-28)12-24-16(3)21(9-8-10-38)32(36-24)22-11-29(40)31-18(5)26(37-33(22)31)13-27(20)34-23/h10,12-16,20-21,35,37H,7-9,11H2,1-6H3/t15-,16+,20-,21+/m1/s1. The number of hydrogen-bond acceptors (Lipinski definition) is 5. The van der Waals surface area contributed by atoms with Crippen LogP contribution in [0.1, 0.15) is 131 Å². The van der Waals surface area contributed by atoms with Gasteiger partial charge in [-0.05, 0) is 62.9 Å². The first kappa shape index (κ1) is 26.4. The number of H-pyrrole nitrogens is 2. The van der Waals surface area contributed by atoms with Crippen molar-refractivity contribution in [3.8, 4) is 0 Å². The number of Topliss-reactive ketones (excluding diaryl/α,β-unsaturated/α-hetero) is 2. The Labute approximate surface area is 233 Å². The Morgan fingerprint density at radius 2 is 1.60 bits per heavy atom. The molecule has 40 heavy (non-hydrogen) atoms. The van der Waals surface area contributed by atoms with Crippen molar-refractivity contribution in [1.29, 1.82) is 0 Å². The molecular weight excluding hydrogens is 500 g/mol. The predicted octanol–water partition coefficient (Wildman–Crippen LogP) is 7.04. The van der Waals surface area contributed by atoms with Gasteiger partial charge in [0.2, 0.25) is 0 Å². The lowest BCUT2D eigenvalue weighted by Gasteiger charge is -2.15. The van der Waals surface area contributed by atoms with E-state index in [1.807, 2.05) is 26.0 Å². The number of rotatable bonds is 5. The second kappa shape index (κ2) is 9.65. The van der Waals surface area contributed by atoms with Crippen LogP contribution in [-0.4, -0.2) is 37.8 Å². The van der Waals surface area contributed by atoms with Gasteiger partial charge in [-0.3, -0.25) is 19.6 Å². The van der Waals surface area contributed by atoms with Gasteiger partial charge in [-0.25, -0.2) is 0 Å². The minimum absolute atomic E-state index is 0.00549. The van der Waals surface area contributed by atoms with Gasteiger partial charge in [0.05, 0.1) is 16.7 Å². The highest BCUT2D eigenvalue weighted by Crippen LogP contribution is 2.45. The highest BCUT2D eigenvalue weighted by Gasteiger charge is 2.36.